The molecule has 0 radical (unpaired) electrons. The van der Waals surface area contributed by atoms with Gasteiger partial charge in [-0.2, -0.15) is 0 Å². The number of nitrogens with one attached hydrogen (secondary N) is 2. The summed E-state index contributed by atoms with van der Waals surface area (Å²) in [5, 5.41) is 2.94. The summed E-state index contributed by atoms with van der Waals surface area (Å²) in [4.78, 5) is 28.3. The van der Waals surface area contributed by atoms with E-state index in [9.17, 15) is 9.59 Å². The van der Waals surface area contributed by atoms with Gasteiger partial charge in [0.05, 0.1) is 6.10 Å². The van der Waals surface area contributed by atoms with Crippen molar-refractivity contribution in [1.82, 2.24) is 10.3 Å². The van der Waals surface area contributed by atoms with E-state index in [2.05, 4.69) is 10.3 Å². The molecule has 2 aliphatic rings. The molecule has 1 heterocycles. The standard InChI is InChI=1S/C23H28N2O3/c26-22-18(14-17-10-4-7-13-20(17)25-22)15-24-23(27)21(16-8-2-1-3-9-16)28-19-11-5-6-12-19/h1-3,8-9,14,19,21H,4-7,10-13,15H2,(H,24,27)(H,25,26). The summed E-state index contributed by atoms with van der Waals surface area (Å²) in [5.74, 6) is -0.185. The summed E-state index contributed by atoms with van der Waals surface area (Å²) in [6.07, 6.45) is 7.99. The number of hydrogen-bond donors (Lipinski definition) is 2. The number of fused-ring (bicyclic) bond motifs is 1. The van der Waals surface area contributed by atoms with E-state index in [0.29, 0.717) is 5.56 Å². The minimum atomic E-state index is -0.638. The van der Waals surface area contributed by atoms with E-state index >= 15 is 0 Å². The first-order chi connectivity index (χ1) is 13.7. The fraction of sp³-hybridized carbons (Fsp3) is 0.478. The van der Waals surface area contributed by atoms with Crippen molar-refractivity contribution in [3.63, 3.8) is 0 Å². The van der Waals surface area contributed by atoms with Gasteiger partial charge in [-0.05, 0) is 55.7 Å². The maximum absolute atomic E-state index is 13.0. The number of amides is 1. The fourth-order valence-corrected chi connectivity index (χ4v) is 4.27. The average Bonchev–Trinajstić information content (AvgIpc) is 3.24. The van der Waals surface area contributed by atoms with Crippen LogP contribution >= 0.6 is 0 Å². The van der Waals surface area contributed by atoms with Crippen LogP contribution in [0.4, 0.5) is 0 Å². The van der Waals surface area contributed by atoms with Crippen molar-refractivity contribution in [1.29, 1.82) is 0 Å². The Morgan fingerprint density at radius 3 is 2.64 bits per heavy atom. The number of aromatic nitrogens is 1. The highest BCUT2D eigenvalue weighted by Crippen LogP contribution is 2.28. The molecule has 1 amide bonds. The number of benzene rings is 1. The molecule has 1 aromatic carbocycles. The number of H-pyrrole nitrogens is 1. The predicted molar refractivity (Wildman–Crippen MR) is 108 cm³/mol. The van der Waals surface area contributed by atoms with Crippen LogP contribution in [-0.2, 0) is 28.9 Å². The Morgan fingerprint density at radius 2 is 1.86 bits per heavy atom. The van der Waals surface area contributed by atoms with Gasteiger partial charge in [0, 0.05) is 17.8 Å². The summed E-state index contributed by atoms with van der Waals surface area (Å²) in [7, 11) is 0. The number of aromatic amines is 1. The highest BCUT2D eigenvalue weighted by Gasteiger charge is 2.27. The van der Waals surface area contributed by atoms with Gasteiger partial charge in [0.2, 0.25) is 0 Å². The van der Waals surface area contributed by atoms with Crippen LogP contribution in [0.2, 0.25) is 0 Å². The molecule has 1 aromatic heterocycles. The van der Waals surface area contributed by atoms with E-state index in [4.69, 9.17) is 4.74 Å². The zero-order valence-electron chi connectivity index (χ0n) is 16.2. The average molecular weight is 380 g/mol. The molecule has 5 heteroatoms. The quantitative estimate of drug-likeness (QED) is 0.805. The maximum Gasteiger partial charge on any atom is 0.254 e. The normalized spacial score (nSPS) is 17.9. The first kappa shape index (κ1) is 18.9. The zero-order valence-corrected chi connectivity index (χ0v) is 16.2. The van der Waals surface area contributed by atoms with Crippen LogP contribution in [0.3, 0.4) is 0 Å². The lowest BCUT2D eigenvalue weighted by atomic mass is 9.95. The van der Waals surface area contributed by atoms with Crippen LogP contribution in [0.5, 0.6) is 0 Å². The number of aryl methyl sites for hydroxylation is 2. The smallest absolute Gasteiger partial charge is 0.254 e. The molecule has 28 heavy (non-hydrogen) atoms. The number of carbonyl (C=O) groups excluding carboxylic acids is 1. The Labute approximate surface area is 165 Å². The van der Waals surface area contributed by atoms with E-state index in [1.54, 1.807) is 0 Å². The van der Waals surface area contributed by atoms with Crippen LogP contribution in [0.15, 0.2) is 41.2 Å². The van der Waals surface area contributed by atoms with E-state index in [0.717, 1.165) is 62.6 Å². The molecule has 0 spiro atoms. The molecule has 2 N–H and O–H groups in total. The Morgan fingerprint density at radius 1 is 1.11 bits per heavy atom. The minimum Gasteiger partial charge on any atom is -0.360 e. The molecule has 0 bridgehead atoms. The van der Waals surface area contributed by atoms with Crippen molar-refractivity contribution in [2.45, 2.75) is 70.1 Å². The Kier molecular flexibility index (Phi) is 5.91. The highest BCUT2D eigenvalue weighted by molar-refractivity contribution is 5.82. The van der Waals surface area contributed by atoms with Gasteiger partial charge in [-0.15, -0.1) is 0 Å². The molecule has 1 unspecified atom stereocenters. The molecular weight excluding hydrogens is 352 g/mol. The van der Waals surface area contributed by atoms with Gasteiger partial charge in [-0.25, -0.2) is 0 Å². The lowest BCUT2D eigenvalue weighted by molar-refractivity contribution is -0.137. The number of ether oxygens (including phenoxy) is 1. The Bertz CT molecular complexity index is 869. The van der Waals surface area contributed by atoms with E-state index in [-0.39, 0.29) is 24.1 Å². The molecule has 2 aromatic rings. The monoisotopic (exact) mass is 380 g/mol. The molecule has 0 saturated heterocycles. The van der Waals surface area contributed by atoms with Crippen molar-refractivity contribution < 1.29 is 9.53 Å². The molecule has 148 valence electrons. The number of hydrogen-bond acceptors (Lipinski definition) is 3. The van der Waals surface area contributed by atoms with Crippen molar-refractivity contribution in [3.05, 3.63) is 69.1 Å². The second-order valence-electron chi connectivity index (χ2n) is 7.89. The van der Waals surface area contributed by atoms with Crippen molar-refractivity contribution in [2.75, 3.05) is 0 Å². The fourth-order valence-electron chi connectivity index (χ4n) is 4.27. The second kappa shape index (κ2) is 8.74. The van der Waals surface area contributed by atoms with Crippen LogP contribution in [0, 0.1) is 0 Å². The van der Waals surface area contributed by atoms with Gasteiger partial charge < -0.3 is 15.0 Å². The third kappa shape index (κ3) is 4.36. The molecule has 4 rings (SSSR count). The SMILES string of the molecule is O=C(NCc1cc2c([nH]c1=O)CCCC2)C(OC1CCCC1)c1ccccc1. The summed E-state index contributed by atoms with van der Waals surface area (Å²) < 4.78 is 6.17. The van der Waals surface area contributed by atoms with Crippen LogP contribution in [0.25, 0.3) is 0 Å². The highest BCUT2D eigenvalue weighted by atomic mass is 16.5. The Balaban J connectivity index is 1.47. The molecular formula is C23H28N2O3. The third-order valence-electron chi connectivity index (χ3n) is 5.84. The number of carbonyl (C=O) groups is 1. The van der Waals surface area contributed by atoms with Crippen molar-refractivity contribution in [3.8, 4) is 0 Å². The molecule has 0 aliphatic heterocycles. The van der Waals surface area contributed by atoms with E-state index in [1.165, 1.54) is 5.56 Å². The van der Waals surface area contributed by atoms with Crippen molar-refractivity contribution in [2.24, 2.45) is 0 Å². The molecule has 1 saturated carbocycles. The third-order valence-corrected chi connectivity index (χ3v) is 5.84. The number of rotatable bonds is 6. The van der Waals surface area contributed by atoms with E-state index < -0.39 is 6.10 Å². The summed E-state index contributed by atoms with van der Waals surface area (Å²) in [6, 6.07) is 11.6. The van der Waals surface area contributed by atoms with Gasteiger partial charge >= 0.3 is 0 Å². The predicted octanol–water partition coefficient (Wildman–Crippen LogP) is 3.57. The van der Waals surface area contributed by atoms with Crippen LogP contribution < -0.4 is 10.9 Å². The van der Waals surface area contributed by atoms with Gasteiger partial charge in [0.25, 0.3) is 11.5 Å². The second-order valence-corrected chi connectivity index (χ2v) is 7.89. The largest absolute Gasteiger partial charge is 0.360 e. The first-order valence-corrected chi connectivity index (χ1v) is 10.4. The zero-order chi connectivity index (χ0) is 19.3. The molecule has 1 fully saturated rings. The maximum atomic E-state index is 13.0. The lowest BCUT2D eigenvalue weighted by Gasteiger charge is -2.22. The lowest BCUT2D eigenvalue weighted by Crippen LogP contribution is -2.34. The van der Waals surface area contributed by atoms with Gasteiger partial charge in [-0.3, -0.25) is 9.59 Å². The van der Waals surface area contributed by atoms with Crippen LogP contribution in [0.1, 0.15) is 67.0 Å². The van der Waals surface area contributed by atoms with E-state index in [1.807, 2.05) is 36.4 Å². The van der Waals surface area contributed by atoms with Crippen LogP contribution in [-0.4, -0.2) is 17.0 Å². The molecule has 2 aliphatic carbocycles. The summed E-state index contributed by atoms with van der Waals surface area (Å²) >= 11 is 0. The molecule has 1 atom stereocenters. The van der Waals surface area contributed by atoms with Crippen molar-refractivity contribution >= 4 is 5.91 Å². The van der Waals surface area contributed by atoms with Gasteiger partial charge in [0.15, 0.2) is 6.10 Å². The summed E-state index contributed by atoms with van der Waals surface area (Å²) in [6.45, 7) is 0.221. The van der Waals surface area contributed by atoms with Gasteiger partial charge in [-0.1, -0.05) is 43.2 Å². The molecule has 5 nitrogen and oxygen atoms in total. The summed E-state index contributed by atoms with van der Waals surface area (Å²) in [5.41, 5.74) is 3.62. The minimum absolute atomic E-state index is 0.103. The number of pyridine rings is 1. The first-order valence-electron chi connectivity index (χ1n) is 10.4. The topological polar surface area (TPSA) is 71.2 Å². The Hall–Kier alpha value is -2.40. The van der Waals surface area contributed by atoms with Gasteiger partial charge in [0.1, 0.15) is 0 Å².